The summed E-state index contributed by atoms with van der Waals surface area (Å²) >= 11 is 5.72. The average molecular weight is 252 g/mol. The fourth-order valence-electron chi connectivity index (χ4n) is 1.73. The van der Waals surface area contributed by atoms with E-state index in [9.17, 15) is 14.4 Å². The van der Waals surface area contributed by atoms with Crippen LogP contribution in [-0.4, -0.2) is 35.5 Å². The van der Waals surface area contributed by atoms with Gasteiger partial charge in [0.05, 0.1) is 19.5 Å². The van der Waals surface area contributed by atoms with Crippen molar-refractivity contribution in [1.29, 1.82) is 0 Å². The Balaban J connectivity index is 2.17. The molecule has 1 fully saturated rings. The van der Waals surface area contributed by atoms with Gasteiger partial charge >= 0.3 is 0 Å². The predicted octanol–water partition coefficient (Wildman–Crippen LogP) is 1.32. The van der Waals surface area contributed by atoms with E-state index in [-0.39, 0.29) is 37.0 Å². The van der Waals surface area contributed by atoms with Gasteiger partial charge in [0.25, 0.3) is 5.91 Å². The lowest BCUT2D eigenvalue weighted by atomic mass is 10.1. The van der Waals surface area contributed by atoms with Crippen molar-refractivity contribution in [3.63, 3.8) is 0 Å². The van der Waals surface area contributed by atoms with Gasteiger partial charge in [-0.25, -0.2) is 0 Å². The first-order valence-electron chi connectivity index (χ1n) is 5.14. The summed E-state index contributed by atoms with van der Waals surface area (Å²) in [6.07, 6.45) is -0.0651. The highest BCUT2D eigenvalue weighted by atomic mass is 35.5. The number of hydrogen-bond donors (Lipinski definition) is 0. The second-order valence-electron chi connectivity index (χ2n) is 3.92. The van der Waals surface area contributed by atoms with Crippen molar-refractivity contribution < 1.29 is 14.4 Å². The molecule has 88 valence electrons. The molecular formula is C12H10ClNO3. The Morgan fingerprint density at radius 1 is 1.06 bits per heavy atom. The quantitative estimate of drug-likeness (QED) is 0.708. The van der Waals surface area contributed by atoms with E-state index >= 15 is 0 Å². The molecule has 1 aromatic carbocycles. The number of halogens is 1. The topological polar surface area (TPSA) is 54.5 Å². The maximum atomic E-state index is 12.0. The van der Waals surface area contributed by atoms with Crippen LogP contribution in [0.4, 0.5) is 0 Å². The summed E-state index contributed by atoms with van der Waals surface area (Å²) in [5.74, 6) is -0.754. The monoisotopic (exact) mass is 251 g/mol. The van der Waals surface area contributed by atoms with Crippen LogP contribution in [0.1, 0.15) is 16.8 Å². The largest absolute Gasteiger partial charge is 0.324 e. The lowest BCUT2D eigenvalue weighted by molar-refractivity contribution is -0.131. The number of nitrogens with zero attached hydrogens (tertiary/aromatic N) is 1. The summed E-state index contributed by atoms with van der Waals surface area (Å²) in [5.41, 5.74) is 0.428. The van der Waals surface area contributed by atoms with Gasteiger partial charge in [-0.05, 0) is 24.3 Å². The molecule has 1 saturated heterocycles. The van der Waals surface area contributed by atoms with E-state index < -0.39 is 0 Å². The van der Waals surface area contributed by atoms with E-state index in [1.165, 1.54) is 4.90 Å². The number of likely N-dealkylation sites (tertiary alicyclic amines) is 1. The highest BCUT2D eigenvalue weighted by molar-refractivity contribution is 6.30. The second-order valence-corrected chi connectivity index (χ2v) is 4.36. The molecule has 17 heavy (non-hydrogen) atoms. The lowest BCUT2D eigenvalue weighted by Gasteiger charge is -2.24. The van der Waals surface area contributed by atoms with Crippen molar-refractivity contribution >= 4 is 29.1 Å². The fourth-order valence-corrected chi connectivity index (χ4v) is 1.86. The Hall–Kier alpha value is -1.68. The Morgan fingerprint density at radius 2 is 1.59 bits per heavy atom. The number of carbonyl (C=O) groups is 3. The van der Waals surface area contributed by atoms with Crippen LogP contribution in [-0.2, 0) is 9.59 Å². The van der Waals surface area contributed by atoms with Crippen molar-refractivity contribution in [2.45, 2.75) is 6.42 Å². The summed E-state index contributed by atoms with van der Waals surface area (Å²) in [5, 5.41) is 0.535. The van der Waals surface area contributed by atoms with E-state index in [0.29, 0.717) is 10.6 Å². The van der Waals surface area contributed by atoms with Crippen molar-refractivity contribution in [3.05, 3.63) is 34.9 Å². The highest BCUT2D eigenvalue weighted by Crippen LogP contribution is 2.13. The lowest BCUT2D eigenvalue weighted by Crippen LogP contribution is -2.44. The third kappa shape index (κ3) is 2.71. The first-order valence-corrected chi connectivity index (χ1v) is 5.52. The van der Waals surface area contributed by atoms with E-state index in [0.717, 1.165) is 0 Å². The maximum absolute atomic E-state index is 12.0. The number of ketones is 2. The van der Waals surface area contributed by atoms with Crippen molar-refractivity contribution in [1.82, 2.24) is 4.90 Å². The van der Waals surface area contributed by atoms with Crippen LogP contribution >= 0.6 is 11.6 Å². The molecule has 4 nitrogen and oxygen atoms in total. The van der Waals surface area contributed by atoms with Gasteiger partial charge < -0.3 is 4.90 Å². The van der Waals surface area contributed by atoms with E-state index in [1.54, 1.807) is 24.3 Å². The molecule has 0 unspecified atom stereocenters. The third-order valence-corrected chi connectivity index (χ3v) is 2.76. The molecule has 0 spiro atoms. The van der Waals surface area contributed by atoms with Gasteiger partial charge in [-0.1, -0.05) is 11.6 Å². The van der Waals surface area contributed by atoms with Crippen LogP contribution in [0.5, 0.6) is 0 Å². The van der Waals surface area contributed by atoms with Gasteiger partial charge in [-0.2, -0.15) is 0 Å². The highest BCUT2D eigenvalue weighted by Gasteiger charge is 2.27. The molecule has 5 heteroatoms. The molecule has 1 aliphatic rings. The standard InChI is InChI=1S/C12H10ClNO3/c13-9-3-1-8(2-4-9)12(17)14-6-10(15)5-11(16)7-14/h1-4H,5-7H2. The van der Waals surface area contributed by atoms with E-state index in [4.69, 9.17) is 11.6 Å². The van der Waals surface area contributed by atoms with Crippen LogP contribution in [0.15, 0.2) is 24.3 Å². The Bertz CT molecular complexity index is 465. The summed E-state index contributed by atoms with van der Waals surface area (Å²) in [7, 11) is 0. The van der Waals surface area contributed by atoms with Gasteiger partial charge in [0.2, 0.25) is 0 Å². The van der Waals surface area contributed by atoms with E-state index in [2.05, 4.69) is 0 Å². The minimum absolute atomic E-state index is 0.00714. The summed E-state index contributed by atoms with van der Waals surface area (Å²) < 4.78 is 0. The number of Topliss-reactive ketones (excluding diaryl/α,β-unsaturated/α-hetero) is 2. The molecular weight excluding hydrogens is 242 g/mol. The third-order valence-electron chi connectivity index (χ3n) is 2.51. The molecule has 0 radical (unpaired) electrons. The van der Waals surface area contributed by atoms with Gasteiger partial charge in [-0.15, -0.1) is 0 Å². The number of rotatable bonds is 1. The van der Waals surface area contributed by atoms with Gasteiger partial charge in [0, 0.05) is 10.6 Å². The van der Waals surface area contributed by atoms with Gasteiger partial charge in [-0.3, -0.25) is 14.4 Å². The molecule has 1 aromatic rings. The molecule has 0 saturated carbocycles. The molecule has 0 N–H and O–H groups in total. The van der Waals surface area contributed by atoms with Crippen LogP contribution in [0.2, 0.25) is 5.02 Å². The first kappa shape index (κ1) is 11.8. The molecule has 2 rings (SSSR count). The number of piperidine rings is 1. The zero-order valence-corrected chi connectivity index (χ0v) is 9.74. The molecule has 0 atom stereocenters. The average Bonchev–Trinajstić information content (AvgIpc) is 2.28. The maximum Gasteiger partial charge on any atom is 0.254 e. The molecule has 1 aliphatic heterocycles. The van der Waals surface area contributed by atoms with Crippen LogP contribution in [0.25, 0.3) is 0 Å². The SMILES string of the molecule is O=C1CC(=O)CN(C(=O)c2ccc(Cl)cc2)C1. The fraction of sp³-hybridized carbons (Fsp3) is 0.250. The van der Waals surface area contributed by atoms with Crippen molar-refractivity contribution in [2.24, 2.45) is 0 Å². The predicted molar refractivity (Wildman–Crippen MR) is 62.0 cm³/mol. The Morgan fingerprint density at radius 3 is 2.12 bits per heavy atom. The van der Waals surface area contributed by atoms with Crippen LogP contribution in [0, 0.1) is 0 Å². The van der Waals surface area contributed by atoms with Crippen molar-refractivity contribution in [2.75, 3.05) is 13.1 Å². The minimum Gasteiger partial charge on any atom is -0.324 e. The first-order chi connectivity index (χ1) is 8.06. The minimum atomic E-state index is -0.317. The number of hydrogen-bond acceptors (Lipinski definition) is 3. The summed E-state index contributed by atoms with van der Waals surface area (Å²) in [6.45, 7) is 0.0143. The smallest absolute Gasteiger partial charge is 0.254 e. The van der Waals surface area contributed by atoms with Gasteiger partial charge in [0.15, 0.2) is 11.6 Å². The molecule has 1 amide bonds. The Labute approximate surface area is 103 Å². The number of amides is 1. The van der Waals surface area contributed by atoms with Crippen LogP contribution in [0.3, 0.4) is 0 Å². The summed E-state index contributed by atoms with van der Waals surface area (Å²) in [6, 6.07) is 6.35. The van der Waals surface area contributed by atoms with E-state index in [1.807, 2.05) is 0 Å². The number of benzene rings is 1. The normalized spacial score (nSPS) is 16.2. The molecule has 0 bridgehead atoms. The molecule has 0 aliphatic carbocycles. The number of carbonyl (C=O) groups excluding carboxylic acids is 3. The molecule has 0 aromatic heterocycles. The zero-order chi connectivity index (χ0) is 12.4. The summed E-state index contributed by atoms with van der Waals surface area (Å²) in [4.78, 5) is 35.7. The Kier molecular flexibility index (Phi) is 3.24. The molecule has 1 heterocycles. The zero-order valence-electron chi connectivity index (χ0n) is 8.98. The van der Waals surface area contributed by atoms with Gasteiger partial charge in [0.1, 0.15) is 0 Å². The van der Waals surface area contributed by atoms with Crippen molar-refractivity contribution in [3.8, 4) is 0 Å². The van der Waals surface area contributed by atoms with Crippen LogP contribution < -0.4 is 0 Å². The second kappa shape index (κ2) is 4.67.